The van der Waals surface area contributed by atoms with Gasteiger partial charge < -0.3 is 10.4 Å². The standard InChI is InChI=1S/C15H15ClN2O2S/c16-13-5-4-12(21-13)15(20)18-14(9-7-10(19)8-9)11-3-1-2-6-17-11/h1-6,9-10,14,19H,7-8H2,(H,18,20). The molecular formula is C15H15ClN2O2S. The molecule has 21 heavy (non-hydrogen) atoms. The Bertz CT molecular complexity index is 626. The lowest BCUT2D eigenvalue weighted by Gasteiger charge is -2.37. The predicted octanol–water partition coefficient (Wildman–Crippen LogP) is 3.04. The van der Waals surface area contributed by atoms with E-state index in [1.54, 1.807) is 18.3 Å². The number of hydrogen-bond donors (Lipinski definition) is 2. The van der Waals surface area contributed by atoms with Crippen LogP contribution in [0, 0.1) is 5.92 Å². The number of aromatic nitrogens is 1. The number of carbonyl (C=O) groups is 1. The third-order valence-electron chi connectivity index (χ3n) is 3.71. The number of nitrogens with one attached hydrogen (secondary N) is 1. The normalized spacial score (nSPS) is 22.4. The molecule has 1 atom stereocenters. The van der Waals surface area contributed by atoms with Crippen LogP contribution in [0.4, 0.5) is 0 Å². The minimum Gasteiger partial charge on any atom is -0.393 e. The van der Waals surface area contributed by atoms with Crippen LogP contribution in [0.15, 0.2) is 36.5 Å². The van der Waals surface area contributed by atoms with Gasteiger partial charge in [-0.1, -0.05) is 17.7 Å². The molecule has 0 aromatic carbocycles. The van der Waals surface area contributed by atoms with E-state index in [1.807, 2.05) is 18.2 Å². The molecule has 2 heterocycles. The number of aliphatic hydroxyl groups excluding tert-OH is 1. The van der Waals surface area contributed by atoms with Crippen molar-refractivity contribution in [2.24, 2.45) is 5.92 Å². The van der Waals surface area contributed by atoms with E-state index in [4.69, 9.17) is 11.6 Å². The Kier molecular flexibility index (Phi) is 4.24. The topological polar surface area (TPSA) is 62.2 Å². The van der Waals surface area contributed by atoms with Crippen molar-refractivity contribution in [2.45, 2.75) is 25.0 Å². The van der Waals surface area contributed by atoms with E-state index in [-0.39, 0.29) is 24.0 Å². The average Bonchev–Trinajstić information content (AvgIpc) is 2.89. The first-order valence-corrected chi connectivity index (χ1v) is 7.98. The van der Waals surface area contributed by atoms with Gasteiger partial charge in [0.1, 0.15) is 0 Å². The highest BCUT2D eigenvalue weighted by atomic mass is 35.5. The number of halogens is 1. The highest BCUT2D eigenvalue weighted by Crippen LogP contribution is 2.37. The smallest absolute Gasteiger partial charge is 0.261 e. The van der Waals surface area contributed by atoms with Gasteiger partial charge in [0.05, 0.1) is 27.1 Å². The van der Waals surface area contributed by atoms with Gasteiger partial charge in [-0.2, -0.15) is 0 Å². The van der Waals surface area contributed by atoms with Crippen molar-refractivity contribution >= 4 is 28.8 Å². The number of pyridine rings is 1. The van der Waals surface area contributed by atoms with Gasteiger partial charge in [0.2, 0.25) is 0 Å². The van der Waals surface area contributed by atoms with E-state index in [2.05, 4.69) is 10.3 Å². The first-order chi connectivity index (χ1) is 10.1. The van der Waals surface area contributed by atoms with Crippen molar-refractivity contribution in [1.82, 2.24) is 10.3 Å². The number of rotatable bonds is 4. The molecule has 1 fully saturated rings. The number of nitrogens with zero attached hydrogens (tertiary/aromatic N) is 1. The van der Waals surface area contributed by atoms with Crippen LogP contribution in [-0.2, 0) is 0 Å². The van der Waals surface area contributed by atoms with Gasteiger partial charge in [-0.15, -0.1) is 11.3 Å². The second kappa shape index (κ2) is 6.13. The van der Waals surface area contributed by atoms with Gasteiger partial charge in [0, 0.05) is 6.20 Å². The van der Waals surface area contributed by atoms with E-state index in [1.165, 1.54) is 11.3 Å². The average molecular weight is 323 g/mol. The van der Waals surface area contributed by atoms with E-state index in [0.717, 1.165) is 5.69 Å². The molecule has 0 spiro atoms. The molecule has 1 amide bonds. The van der Waals surface area contributed by atoms with Gasteiger partial charge in [-0.3, -0.25) is 9.78 Å². The van der Waals surface area contributed by atoms with Crippen LogP contribution < -0.4 is 5.32 Å². The summed E-state index contributed by atoms with van der Waals surface area (Å²) >= 11 is 7.13. The van der Waals surface area contributed by atoms with Gasteiger partial charge in [-0.25, -0.2) is 0 Å². The number of aliphatic hydroxyl groups is 1. The highest BCUT2D eigenvalue weighted by molar-refractivity contribution is 7.17. The lowest BCUT2D eigenvalue weighted by molar-refractivity contribution is 0.0228. The zero-order valence-electron chi connectivity index (χ0n) is 11.2. The fourth-order valence-corrected chi connectivity index (χ4v) is 3.49. The molecule has 0 aliphatic heterocycles. The second-order valence-corrected chi connectivity index (χ2v) is 6.91. The monoisotopic (exact) mass is 322 g/mol. The van der Waals surface area contributed by atoms with E-state index in [0.29, 0.717) is 22.1 Å². The Morgan fingerprint density at radius 3 is 2.76 bits per heavy atom. The van der Waals surface area contributed by atoms with Gasteiger partial charge in [-0.05, 0) is 43.0 Å². The predicted molar refractivity (Wildman–Crippen MR) is 82.5 cm³/mol. The fraction of sp³-hybridized carbons (Fsp3) is 0.333. The third kappa shape index (κ3) is 3.26. The summed E-state index contributed by atoms with van der Waals surface area (Å²) in [4.78, 5) is 17.2. The Labute approximate surface area is 131 Å². The van der Waals surface area contributed by atoms with Crippen LogP contribution in [0.3, 0.4) is 0 Å². The molecule has 2 aromatic heterocycles. The van der Waals surface area contributed by atoms with E-state index < -0.39 is 0 Å². The summed E-state index contributed by atoms with van der Waals surface area (Å²) in [6.07, 6.45) is 2.82. The maximum Gasteiger partial charge on any atom is 0.261 e. The van der Waals surface area contributed by atoms with E-state index >= 15 is 0 Å². The maximum absolute atomic E-state index is 12.3. The fourth-order valence-electron chi connectivity index (χ4n) is 2.54. The Balaban J connectivity index is 1.78. The van der Waals surface area contributed by atoms with Crippen molar-refractivity contribution in [1.29, 1.82) is 0 Å². The largest absolute Gasteiger partial charge is 0.393 e. The Hall–Kier alpha value is -1.43. The zero-order valence-corrected chi connectivity index (χ0v) is 12.8. The minimum absolute atomic E-state index is 0.149. The molecule has 2 N–H and O–H groups in total. The summed E-state index contributed by atoms with van der Waals surface area (Å²) in [5, 5.41) is 12.5. The number of amides is 1. The number of hydrogen-bond acceptors (Lipinski definition) is 4. The van der Waals surface area contributed by atoms with Crippen molar-refractivity contribution in [3.05, 3.63) is 51.4 Å². The molecule has 1 aliphatic carbocycles. The lowest BCUT2D eigenvalue weighted by atomic mass is 9.76. The summed E-state index contributed by atoms with van der Waals surface area (Å²) < 4.78 is 0.591. The molecule has 2 aromatic rings. The summed E-state index contributed by atoms with van der Waals surface area (Å²) in [7, 11) is 0. The molecule has 110 valence electrons. The van der Waals surface area contributed by atoms with Gasteiger partial charge in [0.15, 0.2) is 0 Å². The first kappa shape index (κ1) is 14.5. The molecule has 0 radical (unpaired) electrons. The molecular weight excluding hydrogens is 308 g/mol. The SMILES string of the molecule is O=C(NC(c1ccccn1)C1CC(O)C1)c1ccc(Cl)s1. The van der Waals surface area contributed by atoms with Crippen molar-refractivity contribution in [3.63, 3.8) is 0 Å². The van der Waals surface area contributed by atoms with E-state index in [9.17, 15) is 9.90 Å². The third-order valence-corrected chi connectivity index (χ3v) is 4.94. The second-order valence-electron chi connectivity index (χ2n) is 5.19. The molecule has 1 aliphatic rings. The molecule has 1 saturated carbocycles. The number of thiophene rings is 1. The minimum atomic E-state index is -0.269. The van der Waals surface area contributed by atoms with Crippen LogP contribution >= 0.6 is 22.9 Å². The summed E-state index contributed by atoms with van der Waals surface area (Å²) in [6, 6.07) is 8.90. The molecule has 6 heteroatoms. The van der Waals surface area contributed by atoms with Crippen LogP contribution in [0.25, 0.3) is 0 Å². The van der Waals surface area contributed by atoms with Gasteiger partial charge >= 0.3 is 0 Å². The first-order valence-electron chi connectivity index (χ1n) is 6.78. The highest BCUT2D eigenvalue weighted by Gasteiger charge is 2.36. The van der Waals surface area contributed by atoms with Crippen molar-refractivity contribution in [2.75, 3.05) is 0 Å². The van der Waals surface area contributed by atoms with Crippen LogP contribution in [-0.4, -0.2) is 22.1 Å². The molecule has 0 bridgehead atoms. The Morgan fingerprint density at radius 1 is 1.38 bits per heavy atom. The zero-order chi connectivity index (χ0) is 14.8. The molecule has 1 unspecified atom stereocenters. The van der Waals surface area contributed by atoms with Crippen LogP contribution in [0.2, 0.25) is 4.34 Å². The molecule has 0 saturated heterocycles. The summed E-state index contributed by atoms with van der Waals surface area (Å²) in [5.74, 6) is 0.0678. The van der Waals surface area contributed by atoms with Crippen molar-refractivity contribution < 1.29 is 9.90 Å². The number of carbonyl (C=O) groups excluding carboxylic acids is 1. The van der Waals surface area contributed by atoms with Crippen LogP contribution in [0.1, 0.15) is 34.2 Å². The van der Waals surface area contributed by atoms with Crippen molar-refractivity contribution in [3.8, 4) is 0 Å². The van der Waals surface area contributed by atoms with Gasteiger partial charge in [0.25, 0.3) is 5.91 Å². The summed E-state index contributed by atoms with van der Waals surface area (Å²) in [5.41, 5.74) is 0.824. The maximum atomic E-state index is 12.3. The molecule has 3 rings (SSSR count). The summed E-state index contributed by atoms with van der Waals surface area (Å²) in [6.45, 7) is 0. The quantitative estimate of drug-likeness (QED) is 0.909. The van der Waals surface area contributed by atoms with Crippen LogP contribution in [0.5, 0.6) is 0 Å². The lowest BCUT2D eigenvalue weighted by Crippen LogP contribution is -2.41. The Morgan fingerprint density at radius 2 is 2.19 bits per heavy atom. The molecule has 4 nitrogen and oxygen atoms in total.